The summed E-state index contributed by atoms with van der Waals surface area (Å²) in [6.07, 6.45) is 2.85. The summed E-state index contributed by atoms with van der Waals surface area (Å²) in [5.74, 6) is 0.244. The number of nitrogens with one attached hydrogen (secondary N) is 3. The molecule has 2 aromatic rings. The highest BCUT2D eigenvalue weighted by molar-refractivity contribution is 8.77. The number of benzene rings is 2. The van der Waals surface area contributed by atoms with Crippen LogP contribution >= 0.6 is 30.1 Å². The zero-order chi connectivity index (χ0) is 36.3. The summed E-state index contributed by atoms with van der Waals surface area (Å²) >= 11 is 0. The molecule has 2 atom stereocenters. The molecule has 0 saturated heterocycles. The fourth-order valence-electron chi connectivity index (χ4n) is 6.28. The van der Waals surface area contributed by atoms with Gasteiger partial charge in [0.2, 0.25) is 5.91 Å². The number of nitrogens with zero attached hydrogens (tertiary/aromatic N) is 2. The monoisotopic (exact) mass is 743 g/mol. The molecule has 4 rings (SSSR count). The number of carbonyl (C=O) groups is 2. The van der Waals surface area contributed by atoms with Crippen LogP contribution in [0.25, 0.3) is 11.1 Å². The average Bonchev–Trinajstić information content (AvgIpc) is 3.38. The zero-order valence-corrected chi connectivity index (χ0v) is 33.0. The van der Waals surface area contributed by atoms with Crippen LogP contribution in [0.4, 0.5) is 4.79 Å². The van der Waals surface area contributed by atoms with E-state index in [1.54, 1.807) is 21.6 Å². The number of fused-ring (bicyclic) bond motifs is 3. The van der Waals surface area contributed by atoms with Gasteiger partial charge in [0.05, 0.1) is 25.2 Å². The smallest absolute Gasteiger partial charge is 0.421 e. The summed E-state index contributed by atoms with van der Waals surface area (Å²) in [5, 5.41) is 12.2. The minimum atomic E-state index is -1.31. The van der Waals surface area contributed by atoms with Gasteiger partial charge in [0.15, 0.2) is 0 Å². The Morgan fingerprint density at radius 1 is 0.980 bits per heavy atom. The topological polar surface area (TPSA) is 125 Å². The fourth-order valence-corrected chi connectivity index (χ4v) is 10.5. The van der Waals surface area contributed by atoms with Gasteiger partial charge in [0.1, 0.15) is 12.6 Å². The first kappa shape index (κ1) is 40.4. The van der Waals surface area contributed by atoms with Gasteiger partial charge >= 0.3 is 6.09 Å². The molecular weight excluding hydrogens is 690 g/mol. The number of carbonyl (C=O) groups excluding carboxylic acids is 2. The number of amides is 2. The molecule has 0 spiro atoms. The van der Waals surface area contributed by atoms with Gasteiger partial charge < -0.3 is 19.1 Å². The first-order chi connectivity index (χ1) is 23.9. The lowest BCUT2D eigenvalue weighted by Crippen LogP contribution is -2.55. The van der Waals surface area contributed by atoms with Gasteiger partial charge in [0.25, 0.3) is 8.53 Å². The highest BCUT2D eigenvalue weighted by Gasteiger charge is 2.33. The maximum absolute atomic E-state index is 13.6. The number of hydrogen-bond donors (Lipinski definition) is 3. The summed E-state index contributed by atoms with van der Waals surface area (Å²) in [5.41, 5.74) is 10.2. The maximum atomic E-state index is 13.6. The number of ether oxygens (including phenoxy) is 1. The van der Waals surface area contributed by atoms with E-state index < -0.39 is 20.7 Å². The highest BCUT2D eigenvalue weighted by Crippen LogP contribution is 2.49. The fraction of sp³-hybridized carbons (Fsp3) is 0.595. The van der Waals surface area contributed by atoms with E-state index >= 15 is 0 Å². The molecule has 1 unspecified atom stereocenters. The quantitative estimate of drug-likeness (QED) is 0.0631. The number of rotatable bonds is 17. The molecule has 3 N–H and O–H groups in total. The molecule has 1 fully saturated rings. The van der Waals surface area contributed by atoms with Crippen LogP contribution in [0.1, 0.15) is 97.6 Å². The minimum Gasteiger partial charge on any atom is -0.448 e. The van der Waals surface area contributed by atoms with Gasteiger partial charge in [-0.2, -0.15) is 5.26 Å². The van der Waals surface area contributed by atoms with Crippen molar-refractivity contribution >= 4 is 42.1 Å². The first-order valence-electron chi connectivity index (χ1n) is 17.6. The molecule has 0 aliphatic heterocycles. The van der Waals surface area contributed by atoms with E-state index in [1.807, 2.05) is 24.3 Å². The Hall–Kier alpha value is -2.36. The summed E-state index contributed by atoms with van der Waals surface area (Å²) < 4.78 is 20.6. The minimum absolute atomic E-state index is 0.00147. The molecule has 0 bridgehead atoms. The van der Waals surface area contributed by atoms with Crippen molar-refractivity contribution in [2.45, 2.75) is 122 Å². The summed E-state index contributed by atoms with van der Waals surface area (Å²) in [7, 11) is 1.98. The van der Waals surface area contributed by atoms with Crippen LogP contribution < -0.4 is 16.2 Å². The lowest BCUT2D eigenvalue weighted by atomic mass is 9.93. The third-order valence-corrected chi connectivity index (χ3v) is 14.0. The first-order valence-corrected chi connectivity index (χ1v) is 21.0. The van der Waals surface area contributed by atoms with Crippen molar-refractivity contribution in [1.29, 1.82) is 5.26 Å². The van der Waals surface area contributed by atoms with E-state index in [1.165, 1.54) is 11.1 Å². The van der Waals surface area contributed by atoms with Crippen LogP contribution in [-0.2, 0) is 18.6 Å². The van der Waals surface area contributed by atoms with Gasteiger partial charge in [-0.3, -0.25) is 10.2 Å². The largest absolute Gasteiger partial charge is 0.448 e. The summed E-state index contributed by atoms with van der Waals surface area (Å²) in [6.45, 7) is 15.4. The Morgan fingerprint density at radius 3 is 2.14 bits per heavy atom. The normalized spacial score (nSPS) is 18.7. The van der Waals surface area contributed by atoms with Crippen molar-refractivity contribution in [1.82, 2.24) is 20.8 Å². The predicted molar refractivity (Wildman–Crippen MR) is 205 cm³/mol. The SMILES string of the molecule is CC(C)N(C(C)C)P(OCCC#N)OC1CCC(NC(=O)[C@H](CSSC(C)(C)C)NNC(=O)OCC2c3ccccc3-c3ccccc32)CC1. The van der Waals surface area contributed by atoms with Crippen LogP contribution in [0.15, 0.2) is 48.5 Å². The maximum Gasteiger partial charge on any atom is 0.421 e. The Kier molecular flexibility index (Phi) is 15.7. The van der Waals surface area contributed by atoms with E-state index in [0.29, 0.717) is 18.8 Å². The Balaban J connectivity index is 1.30. The van der Waals surface area contributed by atoms with Gasteiger partial charge in [-0.25, -0.2) is 14.9 Å². The number of hydrogen-bond acceptors (Lipinski definition) is 10. The van der Waals surface area contributed by atoms with Crippen molar-refractivity contribution < 1.29 is 23.4 Å². The van der Waals surface area contributed by atoms with E-state index in [9.17, 15) is 9.59 Å². The molecule has 0 radical (unpaired) electrons. The van der Waals surface area contributed by atoms with Gasteiger partial charge in [-0.1, -0.05) is 90.9 Å². The summed E-state index contributed by atoms with van der Waals surface area (Å²) in [4.78, 5) is 26.5. The third-order valence-electron chi connectivity index (χ3n) is 8.47. The van der Waals surface area contributed by atoms with Crippen molar-refractivity contribution in [3.05, 3.63) is 59.7 Å². The molecule has 10 nitrogen and oxygen atoms in total. The lowest BCUT2D eigenvalue weighted by Gasteiger charge is -2.39. The van der Waals surface area contributed by atoms with Crippen molar-refractivity contribution in [2.75, 3.05) is 19.0 Å². The Labute approximate surface area is 307 Å². The standard InChI is InChI=1S/C37H54N5O5PS2/c1-25(2)42(26(3)4)48(46-22-12-21-38)47-28-19-17-27(18-20-28)39-35(43)34(24-49-50-37(5,6)7)40-41-36(44)45-23-33-31-15-10-8-13-29(31)30-14-9-11-16-32(30)33/h8-11,13-16,25-28,33-34,40H,12,17-20,22-24H2,1-7H3,(H,39,43)(H,41,44)/t27?,28?,34-,48?/m0/s1. The molecule has 0 heterocycles. The average molecular weight is 744 g/mol. The number of hydrazine groups is 1. The second-order valence-corrected chi connectivity index (χ2v) is 18.8. The molecule has 1 saturated carbocycles. The molecule has 2 aliphatic carbocycles. The molecule has 2 aliphatic rings. The Bertz CT molecular complexity index is 1390. The Morgan fingerprint density at radius 2 is 1.58 bits per heavy atom. The van der Waals surface area contributed by atoms with Gasteiger partial charge in [-0.05, 0) is 75.6 Å². The van der Waals surface area contributed by atoms with Crippen LogP contribution in [0.3, 0.4) is 0 Å². The predicted octanol–water partition coefficient (Wildman–Crippen LogP) is 8.30. The van der Waals surface area contributed by atoms with Gasteiger partial charge in [0, 0.05) is 34.5 Å². The van der Waals surface area contributed by atoms with Crippen LogP contribution in [0.5, 0.6) is 0 Å². The molecule has 274 valence electrons. The molecular formula is C37H54N5O5PS2. The number of nitriles is 1. The van der Waals surface area contributed by atoms with Crippen molar-refractivity contribution in [3.63, 3.8) is 0 Å². The molecule has 13 heteroatoms. The molecule has 2 amide bonds. The van der Waals surface area contributed by atoms with E-state index in [0.717, 1.165) is 36.8 Å². The molecule has 2 aromatic carbocycles. The highest BCUT2D eigenvalue weighted by atomic mass is 33.1. The molecule has 50 heavy (non-hydrogen) atoms. The van der Waals surface area contributed by atoms with Crippen molar-refractivity contribution in [3.8, 4) is 17.2 Å². The van der Waals surface area contributed by atoms with Crippen LogP contribution in [0.2, 0.25) is 0 Å². The lowest BCUT2D eigenvalue weighted by molar-refractivity contribution is -0.123. The van der Waals surface area contributed by atoms with Crippen LogP contribution in [0, 0.1) is 11.3 Å². The van der Waals surface area contributed by atoms with E-state index in [-0.39, 0.29) is 47.4 Å². The van der Waals surface area contributed by atoms with Crippen molar-refractivity contribution in [2.24, 2.45) is 0 Å². The third kappa shape index (κ3) is 11.8. The van der Waals surface area contributed by atoms with Crippen LogP contribution in [-0.4, -0.2) is 70.7 Å². The second kappa shape index (κ2) is 19.5. The van der Waals surface area contributed by atoms with Gasteiger partial charge in [-0.15, -0.1) is 0 Å². The van der Waals surface area contributed by atoms with E-state index in [2.05, 4.69) is 99.6 Å². The van der Waals surface area contributed by atoms with E-state index in [4.69, 9.17) is 19.0 Å². The zero-order valence-electron chi connectivity index (χ0n) is 30.4. The molecule has 0 aromatic heterocycles. The second-order valence-electron chi connectivity index (χ2n) is 14.3. The summed E-state index contributed by atoms with van der Waals surface area (Å²) in [6, 6.07) is 18.4.